The van der Waals surface area contributed by atoms with Gasteiger partial charge < -0.3 is 24.3 Å². The molecular formula is C24H20N2O6. The second kappa shape index (κ2) is 9.22. The van der Waals surface area contributed by atoms with Crippen molar-refractivity contribution in [1.29, 1.82) is 0 Å². The van der Waals surface area contributed by atoms with Crippen LogP contribution in [-0.4, -0.2) is 37.5 Å². The predicted molar refractivity (Wildman–Crippen MR) is 117 cm³/mol. The molecule has 0 saturated carbocycles. The Hall–Kier alpha value is -4.33. The number of carbonyl (C=O) groups excluding carboxylic acids is 2. The average molecular weight is 432 g/mol. The summed E-state index contributed by atoms with van der Waals surface area (Å²) in [6.07, 6.45) is 3.18. The minimum Gasteiger partial charge on any atom is -0.497 e. The first-order valence-corrected chi connectivity index (χ1v) is 9.71. The van der Waals surface area contributed by atoms with Gasteiger partial charge in [0, 0.05) is 17.8 Å². The molecule has 2 heterocycles. The van der Waals surface area contributed by atoms with E-state index in [4.69, 9.17) is 18.9 Å². The second-order valence-electron chi connectivity index (χ2n) is 6.76. The number of amides is 1. The molecule has 1 amide bonds. The number of rotatable bonds is 7. The van der Waals surface area contributed by atoms with Gasteiger partial charge in [0.2, 0.25) is 5.78 Å². The van der Waals surface area contributed by atoms with E-state index >= 15 is 0 Å². The van der Waals surface area contributed by atoms with E-state index in [1.54, 1.807) is 81.1 Å². The van der Waals surface area contributed by atoms with Gasteiger partial charge >= 0.3 is 0 Å². The summed E-state index contributed by atoms with van der Waals surface area (Å²) in [4.78, 5) is 28.8. The van der Waals surface area contributed by atoms with Gasteiger partial charge in [0.1, 0.15) is 28.8 Å². The number of carbonyl (C=O) groups is 2. The van der Waals surface area contributed by atoms with Crippen LogP contribution in [0, 0.1) is 0 Å². The molecular weight excluding hydrogens is 412 g/mol. The minimum atomic E-state index is -0.355. The minimum absolute atomic E-state index is 0.150. The van der Waals surface area contributed by atoms with Crippen molar-refractivity contribution in [1.82, 2.24) is 4.98 Å². The van der Waals surface area contributed by atoms with E-state index in [1.165, 1.54) is 0 Å². The topological polar surface area (TPSA) is 96.0 Å². The number of aromatic nitrogens is 1. The van der Waals surface area contributed by atoms with Gasteiger partial charge in [-0.05, 0) is 48.5 Å². The third-order valence-electron chi connectivity index (χ3n) is 4.67. The quantitative estimate of drug-likeness (QED) is 0.568. The first-order valence-electron chi connectivity index (χ1n) is 9.71. The molecule has 0 bridgehead atoms. The fourth-order valence-corrected chi connectivity index (χ4v) is 3.11. The molecule has 8 nitrogen and oxygen atoms in total. The third-order valence-corrected chi connectivity index (χ3v) is 4.67. The van der Waals surface area contributed by atoms with Gasteiger partial charge in [-0.3, -0.25) is 9.59 Å². The van der Waals surface area contributed by atoms with Crippen LogP contribution in [0.3, 0.4) is 0 Å². The lowest BCUT2D eigenvalue weighted by atomic mass is 10.1. The molecule has 0 atom stereocenters. The Morgan fingerprint density at radius 2 is 1.91 bits per heavy atom. The number of ketones is 1. The molecule has 0 fully saturated rings. The fourth-order valence-electron chi connectivity index (χ4n) is 3.11. The maximum Gasteiger partial charge on any atom is 0.263 e. The number of ether oxygens (including phenoxy) is 4. The SMILES string of the molecule is COc1ccc(OC)c(C=C2Oc3cc(OCC(=O)Nc4ccccn4)ccc3C2=O)c1. The Morgan fingerprint density at radius 1 is 1.06 bits per heavy atom. The van der Waals surface area contributed by atoms with E-state index in [0.29, 0.717) is 39.9 Å². The monoisotopic (exact) mass is 432 g/mol. The maximum atomic E-state index is 12.8. The molecule has 1 N–H and O–H groups in total. The van der Waals surface area contributed by atoms with Crippen LogP contribution in [0.25, 0.3) is 6.08 Å². The normalized spacial score (nSPS) is 13.3. The van der Waals surface area contributed by atoms with Gasteiger partial charge in [0.05, 0.1) is 19.8 Å². The first-order chi connectivity index (χ1) is 15.6. The lowest BCUT2D eigenvalue weighted by molar-refractivity contribution is -0.118. The predicted octanol–water partition coefficient (Wildman–Crippen LogP) is 3.73. The molecule has 0 unspecified atom stereocenters. The van der Waals surface area contributed by atoms with Gasteiger partial charge in [-0.25, -0.2) is 4.98 Å². The van der Waals surface area contributed by atoms with Gasteiger partial charge in [-0.2, -0.15) is 0 Å². The van der Waals surface area contributed by atoms with Crippen molar-refractivity contribution in [2.24, 2.45) is 0 Å². The number of methoxy groups -OCH3 is 2. The Labute approximate surface area is 184 Å². The summed E-state index contributed by atoms with van der Waals surface area (Å²) in [6, 6.07) is 15.3. The first kappa shape index (κ1) is 20.9. The molecule has 0 saturated heterocycles. The molecule has 2 aromatic carbocycles. The van der Waals surface area contributed by atoms with Crippen LogP contribution in [-0.2, 0) is 4.79 Å². The number of nitrogens with zero attached hydrogens (tertiary/aromatic N) is 1. The van der Waals surface area contributed by atoms with E-state index in [1.807, 2.05) is 0 Å². The zero-order chi connectivity index (χ0) is 22.5. The summed E-state index contributed by atoms with van der Waals surface area (Å²) >= 11 is 0. The van der Waals surface area contributed by atoms with Crippen LogP contribution in [0.1, 0.15) is 15.9 Å². The molecule has 0 radical (unpaired) electrons. The largest absolute Gasteiger partial charge is 0.497 e. The number of hydrogen-bond acceptors (Lipinski definition) is 7. The van der Waals surface area contributed by atoms with Crippen LogP contribution in [0.4, 0.5) is 5.82 Å². The molecule has 1 aromatic heterocycles. The van der Waals surface area contributed by atoms with Crippen LogP contribution >= 0.6 is 0 Å². The number of Topliss-reactive ketones (excluding diaryl/α,β-unsaturated/α-hetero) is 1. The van der Waals surface area contributed by atoms with Crippen LogP contribution in [0.15, 0.2) is 66.6 Å². The molecule has 1 aliphatic heterocycles. The molecule has 0 aliphatic carbocycles. The van der Waals surface area contributed by atoms with Crippen LogP contribution in [0.2, 0.25) is 0 Å². The molecule has 162 valence electrons. The van der Waals surface area contributed by atoms with Gasteiger partial charge in [-0.1, -0.05) is 6.07 Å². The maximum absolute atomic E-state index is 12.8. The van der Waals surface area contributed by atoms with E-state index < -0.39 is 0 Å². The van der Waals surface area contributed by atoms with Crippen molar-refractivity contribution in [2.45, 2.75) is 0 Å². The molecule has 3 aromatic rings. The Bertz CT molecular complexity index is 1190. The summed E-state index contributed by atoms with van der Waals surface area (Å²) in [5.74, 6) is 1.92. The zero-order valence-electron chi connectivity index (χ0n) is 17.5. The van der Waals surface area contributed by atoms with Crippen molar-refractivity contribution < 1.29 is 28.5 Å². The Kier molecular flexibility index (Phi) is 6.03. The highest BCUT2D eigenvalue weighted by Gasteiger charge is 2.28. The standard InChI is InChI=1S/C24H20N2O6/c1-29-16-7-9-19(30-2)15(11-16)12-21-24(28)18-8-6-17(13-20(18)32-21)31-14-23(27)26-22-5-3-4-10-25-22/h3-13H,14H2,1-2H3,(H,25,26,27). The summed E-state index contributed by atoms with van der Waals surface area (Å²) < 4.78 is 21.9. The lowest BCUT2D eigenvalue weighted by Gasteiger charge is -2.08. The highest BCUT2D eigenvalue weighted by molar-refractivity contribution is 6.14. The van der Waals surface area contributed by atoms with E-state index in [9.17, 15) is 9.59 Å². The van der Waals surface area contributed by atoms with E-state index in [2.05, 4.69) is 10.3 Å². The van der Waals surface area contributed by atoms with Gasteiger partial charge in [-0.15, -0.1) is 0 Å². The molecule has 4 rings (SSSR count). The Morgan fingerprint density at radius 3 is 2.66 bits per heavy atom. The van der Waals surface area contributed by atoms with E-state index in [0.717, 1.165) is 0 Å². The molecule has 0 spiro atoms. The second-order valence-corrected chi connectivity index (χ2v) is 6.76. The fraction of sp³-hybridized carbons (Fsp3) is 0.125. The van der Waals surface area contributed by atoms with Gasteiger partial charge in [0.15, 0.2) is 12.4 Å². The number of fused-ring (bicyclic) bond motifs is 1. The van der Waals surface area contributed by atoms with Gasteiger partial charge in [0.25, 0.3) is 5.91 Å². The summed E-state index contributed by atoms with van der Waals surface area (Å²) in [7, 11) is 3.10. The molecule has 32 heavy (non-hydrogen) atoms. The average Bonchev–Trinajstić information content (AvgIpc) is 3.12. The number of nitrogens with one attached hydrogen (secondary N) is 1. The van der Waals surface area contributed by atoms with Crippen LogP contribution < -0.4 is 24.3 Å². The van der Waals surface area contributed by atoms with Crippen molar-refractivity contribution in [3.8, 4) is 23.0 Å². The molecule has 1 aliphatic rings. The van der Waals surface area contributed by atoms with Crippen molar-refractivity contribution in [3.63, 3.8) is 0 Å². The number of pyridine rings is 1. The zero-order valence-corrected chi connectivity index (χ0v) is 17.5. The smallest absolute Gasteiger partial charge is 0.263 e. The highest BCUT2D eigenvalue weighted by Crippen LogP contribution is 2.36. The van der Waals surface area contributed by atoms with Crippen molar-refractivity contribution in [2.75, 3.05) is 26.1 Å². The third kappa shape index (κ3) is 4.54. The number of benzene rings is 2. The number of allylic oxidation sites excluding steroid dienone is 1. The number of anilines is 1. The Balaban J connectivity index is 1.47. The summed E-state index contributed by atoms with van der Waals surface area (Å²) in [5.41, 5.74) is 1.05. The lowest BCUT2D eigenvalue weighted by Crippen LogP contribution is -2.20. The van der Waals surface area contributed by atoms with Crippen LogP contribution in [0.5, 0.6) is 23.0 Å². The summed E-state index contributed by atoms with van der Waals surface area (Å²) in [5, 5.41) is 2.63. The highest BCUT2D eigenvalue weighted by atomic mass is 16.5. The number of hydrogen-bond donors (Lipinski definition) is 1. The molecule has 8 heteroatoms. The van der Waals surface area contributed by atoms with Crippen molar-refractivity contribution >= 4 is 23.6 Å². The van der Waals surface area contributed by atoms with Crippen molar-refractivity contribution in [3.05, 3.63) is 77.7 Å². The summed E-state index contributed by atoms with van der Waals surface area (Å²) in [6.45, 7) is -0.215. The van der Waals surface area contributed by atoms with E-state index in [-0.39, 0.29) is 24.1 Å².